The zero-order valence-electron chi connectivity index (χ0n) is 12.2. The Balaban J connectivity index is 1.74. The van der Waals surface area contributed by atoms with Crippen molar-refractivity contribution in [1.29, 1.82) is 5.26 Å². The second-order valence-corrected chi connectivity index (χ2v) is 6.46. The average molecular weight is 312 g/mol. The van der Waals surface area contributed by atoms with Crippen LogP contribution in [0.3, 0.4) is 0 Å². The molecule has 2 amide bonds. The Labute approximate surface area is 133 Å². The first-order chi connectivity index (χ1) is 10.6. The van der Waals surface area contributed by atoms with E-state index in [1.54, 1.807) is 4.90 Å². The Morgan fingerprint density at radius 1 is 1.50 bits per heavy atom. The van der Waals surface area contributed by atoms with Crippen molar-refractivity contribution in [2.45, 2.75) is 19.9 Å². The number of amides is 2. The quantitative estimate of drug-likeness (QED) is 0.849. The number of nitrogens with zero attached hydrogens (tertiary/aromatic N) is 2. The second-order valence-electron chi connectivity index (χ2n) is 5.33. The van der Waals surface area contributed by atoms with Gasteiger partial charge in [0.2, 0.25) is 0 Å². The Kier molecular flexibility index (Phi) is 3.73. The Morgan fingerprint density at radius 2 is 2.32 bits per heavy atom. The molecule has 6 heteroatoms. The summed E-state index contributed by atoms with van der Waals surface area (Å²) in [5.41, 5.74) is 9.35. The molecule has 0 saturated heterocycles. The van der Waals surface area contributed by atoms with Gasteiger partial charge in [-0.15, -0.1) is 11.3 Å². The molecular weight excluding hydrogens is 296 g/mol. The zero-order chi connectivity index (χ0) is 15.7. The molecule has 22 heavy (non-hydrogen) atoms. The van der Waals surface area contributed by atoms with Crippen LogP contribution in [0, 0.1) is 18.3 Å². The van der Waals surface area contributed by atoms with Crippen molar-refractivity contribution < 1.29 is 4.79 Å². The highest BCUT2D eigenvalue weighted by atomic mass is 32.1. The molecule has 0 atom stereocenters. The van der Waals surface area contributed by atoms with Crippen LogP contribution in [0.1, 0.15) is 21.6 Å². The second kappa shape index (κ2) is 5.70. The fraction of sp³-hybridized carbons (Fsp3) is 0.250. The number of hydrogen-bond acceptors (Lipinski definition) is 4. The first-order valence-electron chi connectivity index (χ1n) is 7.01. The SMILES string of the molecule is Cc1cccc(NC(=O)N2CCc3c(sc(N)c3C#N)C2)c1. The zero-order valence-corrected chi connectivity index (χ0v) is 13.0. The number of anilines is 2. The molecule has 0 radical (unpaired) electrons. The predicted molar refractivity (Wildman–Crippen MR) is 87.8 cm³/mol. The highest BCUT2D eigenvalue weighted by Gasteiger charge is 2.26. The summed E-state index contributed by atoms with van der Waals surface area (Å²) in [5.74, 6) is 0. The van der Waals surface area contributed by atoms with E-state index in [9.17, 15) is 4.79 Å². The molecular formula is C16H16N4OS. The van der Waals surface area contributed by atoms with Crippen LogP contribution in [-0.2, 0) is 13.0 Å². The van der Waals surface area contributed by atoms with Crippen molar-refractivity contribution in [2.75, 3.05) is 17.6 Å². The lowest BCUT2D eigenvalue weighted by atomic mass is 10.0. The van der Waals surface area contributed by atoms with E-state index in [0.717, 1.165) is 21.7 Å². The molecule has 2 aromatic rings. The molecule has 0 saturated carbocycles. The van der Waals surface area contributed by atoms with Crippen LogP contribution in [0.4, 0.5) is 15.5 Å². The van der Waals surface area contributed by atoms with Crippen molar-refractivity contribution in [2.24, 2.45) is 0 Å². The number of thiophene rings is 1. The molecule has 0 aliphatic carbocycles. The average Bonchev–Trinajstić information content (AvgIpc) is 2.81. The van der Waals surface area contributed by atoms with Crippen LogP contribution >= 0.6 is 11.3 Å². The van der Waals surface area contributed by atoms with Gasteiger partial charge in [0, 0.05) is 17.1 Å². The van der Waals surface area contributed by atoms with Gasteiger partial charge in [-0.25, -0.2) is 4.79 Å². The maximum atomic E-state index is 12.4. The fourth-order valence-corrected chi connectivity index (χ4v) is 3.73. The molecule has 1 aliphatic rings. The number of carbonyl (C=O) groups excluding carboxylic acids is 1. The lowest BCUT2D eigenvalue weighted by molar-refractivity contribution is 0.207. The molecule has 1 aromatic heterocycles. The molecule has 0 spiro atoms. The molecule has 112 valence electrons. The van der Waals surface area contributed by atoms with Crippen molar-refractivity contribution in [3.05, 3.63) is 45.8 Å². The maximum Gasteiger partial charge on any atom is 0.322 e. The lowest BCUT2D eigenvalue weighted by Gasteiger charge is -2.27. The van der Waals surface area contributed by atoms with Gasteiger partial charge in [-0.3, -0.25) is 0 Å². The summed E-state index contributed by atoms with van der Waals surface area (Å²) < 4.78 is 0. The van der Waals surface area contributed by atoms with Crippen LogP contribution in [0.15, 0.2) is 24.3 Å². The number of nitrogens with two attached hydrogens (primary N) is 1. The summed E-state index contributed by atoms with van der Waals surface area (Å²) in [7, 11) is 0. The summed E-state index contributed by atoms with van der Waals surface area (Å²) in [6.45, 7) is 3.08. The summed E-state index contributed by atoms with van der Waals surface area (Å²) in [6, 6.07) is 9.75. The van der Waals surface area contributed by atoms with Gasteiger partial charge in [-0.05, 0) is 36.6 Å². The van der Waals surface area contributed by atoms with E-state index in [4.69, 9.17) is 11.0 Å². The summed E-state index contributed by atoms with van der Waals surface area (Å²) in [5, 5.41) is 12.6. The largest absolute Gasteiger partial charge is 0.389 e. The number of fused-ring (bicyclic) bond motifs is 1. The molecule has 0 unspecified atom stereocenters. The number of nitrogen functional groups attached to an aromatic ring is 1. The monoisotopic (exact) mass is 312 g/mol. The minimum absolute atomic E-state index is 0.123. The van der Waals surface area contributed by atoms with E-state index in [-0.39, 0.29) is 6.03 Å². The molecule has 5 nitrogen and oxygen atoms in total. The Morgan fingerprint density at radius 3 is 3.05 bits per heavy atom. The Bertz CT molecular complexity index is 775. The van der Waals surface area contributed by atoms with Crippen molar-refractivity contribution in [3.63, 3.8) is 0 Å². The van der Waals surface area contributed by atoms with Crippen LogP contribution in [0.5, 0.6) is 0 Å². The third-order valence-corrected chi connectivity index (χ3v) is 4.80. The molecule has 1 aromatic carbocycles. The van der Waals surface area contributed by atoms with Gasteiger partial charge in [0.1, 0.15) is 11.1 Å². The Hall–Kier alpha value is -2.52. The maximum absolute atomic E-state index is 12.4. The number of benzene rings is 1. The lowest BCUT2D eigenvalue weighted by Crippen LogP contribution is -2.38. The molecule has 0 bridgehead atoms. The third-order valence-electron chi connectivity index (χ3n) is 3.75. The first kappa shape index (κ1) is 14.4. The van der Waals surface area contributed by atoms with Gasteiger partial charge in [0.25, 0.3) is 0 Å². The summed E-state index contributed by atoms with van der Waals surface area (Å²) >= 11 is 1.40. The molecule has 2 heterocycles. The van der Waals surface area contributed by atoms with E-state index >= 15 is 0 Å². The minimum Gasteiger partial charge on any atom is -0.389 e. The predicted octanol–water partition coefficient (Wildman–Crippen LogP) is 3.10. The van der Waals surface area contributed by atoms with E-state index < -0.39 is 0 Å². The van der Waals surface area contributed by atoms with E-state index in [0.29, 0.717) is 30.1 Å². The number of nitrogens with one attached hydrogen (secondary N) is 1. The van der Waals surface area contributed by atoms with Crippen molar-refractivity contribution in [3.8, 4) is 6.07 Å². The number of nitriles is 1. The number of urea groups is 1. The van der Waals surface area contributed by atoms with Crippen LogP contribution < -0.4 is 11.1 Å². The normalized spacial score (nSPS) is 13.4. The number of aryl methyl sites for hydroxylation is 1. The van der Waals surface area contributed by atoms with Crippen LogP contribution in [0.2, 0.25) is 0 Å². The highest BCUT2D eigenvalue weighted by molar-refractivity contribution is 7.16. The van der Waals surface area contributed by atoms with Gasteiger partial charge in [-0.1, -0.05) is 12.1 Å². The molecule has 0 fully saturated rings. The summed E-state index contributed by atoms with van der Waals surface area (Å²) in [4.78, 5) is 15.1. The minimum atomic E-state index is -0.123. The van der Waals surface area contributed by atoms with E-state index in [1.165, 1.54) is 11.3 Å². The van der Waals surface area contributed by atoms with Crippen molar-refractivity contribution in [1.82, 2.24) is 4.90 Å². The molecule has 1 aliphatic heterocycles. The topological polar surface area (TPSA) is 82.2 Å². The molecule has 3 rings (SSSR count). The smallest absolute Gasteiger partial charge is 0.322 e. The third kappa shape index (κ3) is 2.63. The van der Waals surface area contributed by atoms with Gasteiger partial charge < -0.3 is 16.0 Å². The van der Waals surface area contributed by atoms with Crippen molar-refractivity contribution >= 4 is 28.1 Å². The van der Waals surface area contributed by atoms with E-state index in [1.807, 2.05) is 31.2 Å². The van der Waals surface area contributed by atoms with Crippen LogP contribution in [-0.4, -0.2) is 17.5 Å². The number of carbonyl (C=O) groups is 1. The van der Waals surface area contributed by atoms with Gasteiger partial charge in [0.15, 0.2) is 0 Å². The van der Waals surface area contributed by atoms with Crippen LogP contribution in [0.25, 0.3) is 0 Å². The summed E-state index contributed by atoms with van der Waals surface area (Å²) in [6.07, 6.45) is 0.674. The fourth-order valence-electron chi connectivity index (χ4n) is 2.65. The molecule has 3 N–H and O–H groups in total. The van der Waals surface area contributed by atoms with E-state index in [2.05, 4.69) is 11.4 Å². The number of hydrogen-bond donors (Lipinski definition) is 2. The highest BCUT2D eigenvalue weighted by Crippen LogP contribution is 2.34. The standard InChI is InChI=1S/C16H16N4OS/c1-10-3-2-4-11(7-10)19-16(21)20-6-5-12-13(8-17)15(18)22-14(12)9-20/h2-4,7H,5-6,9,18H2,1H3,(H,19,21). The number of rotatable bonds is 1. The first-order valence-corrected chi connectivity index (χ1v) is 7.83. The van der Waals surface area contributed by atoms with Gasteiger partial charge in [-0.2, -0.15) is 5.26 Å². The van der Waals surface area contributed by atoms with Gasteiger partial charge in [0.05, 0.1) is 12.1 Å². The van der Waals surface area contributed by atoms with Gasteiger partial charge >= 0.3 is 6.03 Å².